The maximum Gasteiger partial charge on any atom is 0.197 e. The maximum absolute atomic E-state index is 12.6. The van der Waals surface area contributed by atoms with Crippen molar-refractivity contribution < 1.29 is 4.42 Å². The van der Waals surface area contributed by atoms with Crippen LogP contribution in [0.5, 0.6) is 0 Å². The summed E-state index contributed by atoms with van der Waals surface area (Å²) in [6, 6.07) is 15.9. The van der Waals surface area contributed by atoms with Crippen LogP contribution in [0.25, 0.3) is 11.0 Å². The van der Waals surface area contributed by atoms with Gasteiger partial charge >= 0.3 is 0 Å². The highest BCUT2D eigenvalue weighted by Gasteiger charge is 2.17. The Labute approximate surface area is 128 Å². The van der Waals surface area contributed by atoms with Gasteiger partial charge in [0.1, 0.15) is 5.58 Å². The zero-order chi connectivity index (χ0) is 14.9. The fourth-order valence-electron chi connectivity index (χ4n) is 3.16. The topological polar surface area (TPSA) is 33.5 Å². The van der Waals surface area contributed by atoms with E-state index in [9.17, 15) is 4.79 Å². The second kappa shape index (κ2) is 5.43. The van der Waals surface area contributed by atoms with Crippen molar-refractivity contribution in [2.24, 2.45) is 0 Å². The summed E-state index contributed by atoms with van der Waals surface area (Å²) in [5.41, 5.74) is 4.25. The molecule has 3 nitrogen and oxygen atoms in total. The molecule has 2 heterocycles. The van der Waals surface area contributed by atoms with Gasteiger partial charge in [-0.25, -0.2) is 0 Å². The van der Waals surface area contributed by atoms with E-state index in [2.05, 4.69) is 29.2 Å². The van der Waals surface area contributed by atoms with Gasteiger partial charge in [-0.3, -0.25) is 9.69 Å². The van der Waals surface area contributed by atoms with E-state index in [-0.39, 0.29) is 5.43 Å². The summed E-state index contributed by atoms with van der Waals surface area (Å²) >= 11 is 0. The number of hydrogen-bond acceptors (Lipinski definition) is 3. The number of rotatable bonds is 2. The van der Waals surface area contributed by atoms with Crippen LogP contribution in [0.15, 0.2) is 64.0 Å². The first kappa shape index (κ1) is 13.3. The van der Waals surface area contributed by atoms with E-state index in [1.165, 1.54) is 11.1 Å². The van der Waals surface area contributed by atoms with Gasteiger partial charge in [0.2, 0.25) is 0 Å². The maximum atomic E-state index is 12.6. The summed E-state index contributed by atoms with van der Waals surface area (Å²) in [4.78, 5) is 14.9. The minimum absolute atomic E-state index is 0.0840. The molecule has 3 aromatic rings. The van der Waals surface area contributed by atoms with Crippen LogP contribution in [0.1, 0.15) is 16.7 Å². The lowest BCUT2D eigenvalue weighted by Gasteiger charge is -2.28. The Morgan fingerprint density at radius 1 is 1.00 bits per heavy atom. The summed E-state index contributed by atoms with van der Waals surface area (Å²) in [5, 5.41) is 0.664. The first-order valence-electron chi connectivity index (χ1n) is 7.60. The van der Waals surface area contributed by atoms with Gasteiger partial charge < -0.3 is 4.42 Å². The summed E-state index contributed by atoms with van der Waals surface area (Å²) in [6.45, 7) is 2.51. The van der Waals surface area contributed by atoms with E-state index in [0.29, 0.717) is 17.5 Å². The van der Waals surface area contributed by atoms with Crippen molar-refractivity contribution in [3.63, 3.8) is 0 Å². The molecular formula is C19H17NO2. The third kappa shape index (κ3) is 2.34. The molecule has 0 saturated heterocycles. The highest BCUT2D eigenvalue weighted by Crippen LogP contribution is 2.20. The molecule has 0 saturated carbocycles. The van der Waals surface area contributed by atoms with Gasteiger partial charge in [-0.1, -0.05) is 36.4 Å². The Bertz CT molecular complexity index is 882. The zero-order valence-electron chi connectivity index (χ0n) is 12.3. The Kier molecular flexibility index (Phi) is 3.28. The fraction of sp³-hybridized carbons (Fsp3) is 0.211. The Hall–Kier alpha value is -2.39. The van der Waals surface area contributed by atoms with Gasteiger partial charge in [-0.2, -0.15) is 0 Å². The lowest BCUT2D eigenvalue weighted by molar-refractivity contribution is 0.243. The van der Waals surface area contributed by atoms with Crippen molar-refractivity contribution >= 4 is 11.0 Å². The number of nitrogens with zero attached hydrogens (tertiary/aromatic N) is 1. The van der Waals surface area contributed by atoms with E-state index >= 15 is 0 Å². The number of para-hydroxylation sites is 1. The SMILES string of the molecule is O=c1c(CN2CCc3ccccc3C2)coc2ccccc12. The molecule has 0 aliphatic carbocycles. The van der Waals surface area contributed by atoms with Crippen molar-refractivity contribution in [2.45, 2.75) is 19.5 Å². The van der Waals surface area contributed by atoms with Gasteiger partial charge in [0.25, 0.3) is 0 Å². The van der Waals surface area contributed by atoms with Crippen LogP contribution in [0.2, 0.25) is 0 Å². The minimum atomic E-state index is 0.0840. The van der Waals surface area contributed by atoms with E-state index < -0.39 is 0 Å². The van der Waals surface area contributed by atoms with Gasteiger partial charge in [-0.15, -0.1) is 0 Å². The number of hydrogen-bond donors (Lipinski definition) is 0. The van der Waals surface area contributed by atoms with Crippen molar-refractivity contribution in [1.29, 1.82) is 0 Å². The Balaban J connectivity index is 1.62. The monoisotopic (exact) mass is 291 g/mol. The van der Waals surface area contributed by atoms with Gasteiger partial charge in [0.05, 0.1) is 11.6 Å². The summed E-state index contributed by atoms with van der Waals surface area (Å²) in [7, 11) is 0. The first-order chi connectivity index (χ1) is 10.8. The molecule has 0 spiro atoms. The molecule has 0 bridgehead atoms. The molecule has 1 aliphatic heterocycles. The van der Waals surface area contributed by atoms with Crippen LogP contribution in [-0.4, -0.2) is 11.4 Å². The molecule has 4 rings (SSSR count). The standard InChI is InChI=1S/C19H17NO2/c21-19-16(13-22-18-8-4-3-7-17(18)19)12-20-10-9-14-5-1-2-6-15(14)11-20/h1-8,13H,9-12H2. The van der Waals surface area contributed by atoms with E-state index in [1.807, 2.05) is 24.3 Å². The van der Waals surface area contributed by atoms with Crippen LogP contribution < -0.4 is 5.43 Å². The second-order valence-corrected chi connectivity index (χ2v) is 5.82. The van der Waals surface area contributed by atoms with Gasteiger partial charge in [0, 0.05) is 25.2 Å². The van der Waals surface area contributed by atoms with Gasteiger partial charge in [-0.05, 0) is 29.7 Å². The molecule has 0 radical (unpaired) electrons. The van der Waals surface area contributed by atoms with Crippen molar-refractivity contribution in [3.05, 3.63) is 81.7 Å². The van der Waals surface area contributed by atoms with E-state index in [4.69, 9.17) is 4.42 Å². The normalized spacial score (nSPS) is 14.9. The largest absolute Gasteiger partial charge is 0.464 e. The number of benzene rings is 2. The second-order valence-electron chi connectivity index (χ2n) is 5.82. The molecule has 1 aliphatic rings. The molecule has 0 atom stereocenters. The summed E-state index contributed by atoms with van der Waals surface area (Å²) in [6.07, 6.45) is 2.65. The average Bonchev–Trinajstić information content (AvgIpc) is 2.57. The molecule has 0 fully saturated rings. The lowest BCUT2D eigenvalue weighted by Crippen LogP contribution is -2.31. The van der Waals surface area contributed by atoms with Crippen molar-refractivity contribution in [1.82, 2.24) is 4.90 Å². The van der Waals surface area contributed by atoms with Crippen molar-refractivity contribution in [2.75, 3.05) is 6.54 Å². The van der Waals surface area contributed by atoms with Crippen molar-refractivity contribution in [3.8, 4) is 0 Å². The molecule has 2 aromatic carbocycles. The first-order valence-corrected chi connectivity index (χ1v) is 7.60. The van der Waals surface area contributed by atoms with Crippen LogP contribution in [-0.2, 0) is 19.5 Å². The summed E-state index contributed by atoms with van der Waals surface area (Å²) < 4.78 is 5.61. The highest BCUT2D eigenvalue weighted by molar-refractivity contribution is 5.76. The predicted octanol–water partition coefficient (Wildman–Crippen LogP) is 3.35. The van der Waals surface area contributed by atoms with Gasteiger partial charge in [0.15, 0.2) is 5.43 Å². The molecule has 0 unspecified atom stereocenters. The third-order valence-corrected chi connectivity index (χ3v) is 4.36. The smallest absolute Gasteiger partial charge is 0.197 e. The minimum Gasteiger partial charge on any atom is -0.464 e. The van der Waals surface area contributed by atoms with Crippen LogP contribution in [0, 0.1) is 0 Å². The summed E-state index contributed by atoms with van der Waals surface area (Å²) in [5.74, 6) is 0. The van der Waals surface area contributed by atoms with E-state index in [0.717, 1.165) is 25.1 Å². The molecule has 110 valence electrons. The molecule has 1 aromatic heterocycles. The molecule has 22 heavy (non-hydrogen) atoms. The van der Waals surface area contributed by atoms with Crippen LogP contribution in [0.4, 0.5) is 0 Å². The zero-order valence-corrected chi connectivity index (χ0v) is 12.3. The molecular weight excluding hydrogens is 274 g/mol. The molecule has 0 amide bonds. The highest BCUT2D eigenvalue weighted by atomic mass is 16.3. The van der Waals surface area contributed by atoms with E-state index in [1.54, 1.807) is 6.26 Å². The molecule has 3 heteroatoms. The molecule has 0 N–H and O–H groups in total. The average molecular weight is 291 g/mol. The predicted molar refractivity (Wildman–Crippen MR) is 86.7 cm³/mol. The van der Waals surface area contributed by atoms with Crippen LogP contribution in [0.3, 0.4) is 0 Å². The fourth-order valence-corrected chi connectivity index (χ4v) is 3.16. The quantitative estimate of drug-likeness (QED) is 0.726. The Morgan fingerprint density at radius 2 is 1.77 bits per heavy atom. The Morgan fingerprint density at radius 3 is 2.68 bits per heavy atom. The number of fused-ring (bicyclic) bond motifs is 2. The third-order valence-electron chi connectivity index (χ3n) is 4.36. The van der Waals surface area contributed by atoms with Crippen LogP contribution >= 0.6 is 0 Å². The lowest BCUT2D eigenvalue weighted by atomic mass is 9.99.